The Labute approximate surface area is 275 Å². The minimum Gasteiger partial charge on any atom is -0.467 e. The first-order valence-corrected chi connectivity index (χ1v) is 17.1. The Balaban J connectivity index is 1.74. The van der Waals surface area contributed by atoms with E-state index in [1.54, 1.807) is 23.9 Å². The second-order valence-electron chi connectivity index (χ2n) is 11.6. The Bertz CT molecular complexity index is 1450. The van der Waals surface area contributed by atoms with Crippen LogP contribution in [0.5, 0.6) is 0 Å². The first-order chi connectivity index (χ1) is 22.1. The molecule has 0 spiro atoms. The van der Waals surface area contributed by atoms with Gasteiger partial charge in [0.25, 0.3) is 5.69 Å². The molecule has 2 amide bonds. The smallest absolute Gasteiger partial charge is 0.328 e. The van der Waals surface area contributed by atoms with Gasteiger partial charge in [-0.25, -0.2) is 4.79 Å². The van der Waals surface area contributed by atoms with Crippen LogP contribution >= 0.6 is 11.8 Å². The average molecular weight is 651 g/mol. The molecule has 10 nitrogen and oxygen atoms in total. The topological polar surface area (TPSA) is 131 Å². The number of nitro groups is 1. The molecule has 0 saturated carbocycles. The van der Waals surface area contributed by atoms with Gasteiger partial charge in [0.15, 0.2) is 0 Å². The highest BCUT2D eigenvalue weighted by molar-refractivity contribution is 7.98. The number of rotatable bonds is 19. The zero-order valence-corrected chi connectivity index (χ0v) is 28.0. The highest BCUT2D eigenvalue weighted by atomic mass is 32.2. The van der Waals surface area contributed by atoms with Crippen LogP contribution in [-0.4, -0.2) is 71.9 Å². The van der Waals surface area contributed by atoms with E-state index >= 15 is 0 Å². The van der Waals surface area contributed by atoms with Crippen molar-refractivity contribution in [3.63, 3.8) is 0 Å². The third-order valence-corrected chi connectivity index (χ3v) is 8.87. The standard InChI is InChI=1S/C35H46N4O6S/c1-5-25(2)32(37-33(40)15-8-10-26-16-18-29(19-17-26)39(43)44)23-38(22-28-13-9-12-27-11-6-7-14-30(27)28)24-34(41)36-31(20-21-46-4)35(42)45-3/h6-7,9,11-14,16-19,25,31-32H,5,8,10,15,20-24H2,1-4H3,(H,36,41)(H,37,40)/t25-,31-,32+/m0/s1. The number of fused-ring (bicyclic) bond motifs is 1. The van der Waals surface area contributed by atoms with Gasteiger partial charge in [0, 0.05) is 37.7 Å². The zero-order valence-electron chi connectivity index (χ0n) is 27.2. The number of nitrogens with zero attached hydrogens (tertiary/aromatic N) is 2. The highest BCUT2D eigenvalue weighted by Gasteiger charge is 2.26. The molecule has 0 heterocycles. The molecule has 3 atom stereocenters. The molecular formula is C35H46N4O6S. The summed E-state index contributed by atoms with van der Waals surface area (Å²) in [5.74, 6) is 0.00717. The predicted molar refractivity (Wildman–Crippen MR) is 184 cm³/mol. The Hall–Kier alpha value is -3.96. The van der Waals surface area contributed by atoms with Gasteiger partial charge in [0.2, 0.25) is 11.8 Å². The van der Waals surface area contributed by atoms with Crippen LogP contribution in [0.15, 0.2) is 66.7 Å². The fourth-order valence-electron chi connectivity index (χ4n) is 5.37. The first-order valence-electron chi connectivity index (χ1n) is 15.7. The molecule has 0 radical (unpaired) electrons. The predicted octanol–water partition coefficient (Wildman–Crippen LogP) is 5.51. The molecule has 3 aromatic carbocycles. The minimum atomic E-state index is -0.731. The summed E-state index contributed by atoms with van der Waals surface area (Å²) in [4.78, 5) is 51.5. The van der Waals surface area contributed by atoms with Crippen molar-refractivity contribution in [1.82, 2.24) is 15.5 Å². The number of carbonyl (C=O) groups is 3. The maximum absolute atomic E-state index is 13.4. The summed E-state index contributed by atoms with van der Waals surface area (Å²) in [5, 5.41) is 19.2. The molecule has 46 heavy (non-hydrogen) atoms. The van der Waals surface area contributed by atoms with Gasteiger partial charge in [-0.3, -0.25) is 24.6 Å². The molecule has 0 bridgehead atoms. The molecule has 0 aliphatic carbocycles. The minimum absolute atomic E-state index is 0.0406. The number of nitro benzene ring substituents is 1. The third kappa shape index (κ3) is 11.4. The number of hydrogen-bond acceptors (Lipinski definition) is 8. The van der Waals surface area contributed by atoms with Crippen LogP contribution in [0.2, 0.25) is 0 Å². The molecule has 0 aliphatic rings. The third-order valence-electron chi connectivity index (χ3n) is 8.22. The summed E-state index contributed by atoms with van der Waals surface area (Å²) in [6.45, 7) is 5.12. The lowest BCUT2D eigenvalue weighted by molar-refractivity contribution is -0.384. The van der Waals surface area contributed by atoms with E-state index in [4.69, 9.17) is 4.74 Å². The Morgan fingerprint density at radius 1 is 1.00 bits per heavy atom. The number of aryl methyl sites for hydroxylation is 1. The second-order valence-corrected chi connectivity index (χ2v) is 12.6. The van der Waals surface area contributed by atoms with Gasteiger partial charge < -0.3 is 15.4 Å². The number of hydrogen-bond donors (Lipinski definition) is 2. The van der Waals surface area contributed by atoms with Crippen molar-refractivity contribution in [3.05, 3.63) is 88.0 Å². The van der Waals surface area contributed by atoms with Crippen LogP contribution in [0, 0.1) is 16.0 Å². The monoisotopic (exact) mass is 650 g/mol. The number of methoxy groups -OCH3 is 1. The fraction of sp³-hybridized carbons (Fsp3) is 0.457. The van der Waals surface area contributed by atoms with E-state index in [0.29, 0.717) is 44.5 Å². The van der Waals surface area contributed by atoms with E-state index in [0.717, 1.165) is 28.3 Å². The summed E-state index contributed by atoms with van der Waals surface area (Å²) in [6.07, 6.45) is 4.79. The molecule has 11 heteroatoms. The molecule has 3 rings (SSSR count). The molecule has 2 N–H and O–H groups in total. The van der Waals surface area contributed by atoms with Gasteiger partial charge in [0.1, 0.15) is 6.04 Å². The van der Waals surface area contributed by atoms with E-state index in [2.05, 4.69) is 48.7 Å². The van der Waals surface area contributed by atoms with E-state index in [1.165, 1.54) is 19.2 Å². The maximum Gasteiger partial charge on any atom is 0.328 e. The van der Waals surface area contributed by atoms with Gasteiger partial charge in [-0.2, -0.15) is 11.8 Å². The van der Waals surface area contributed by atoms with E-state index in [9.17, 15) is 24.5 Å². The van der Waals surface area contributed by atoms with Crippen LogP contribution in [0.25, 0.3) is 10.8 Å². The number of benzene rings is 3. The molecular weight excluding hydrogens is 604 g/mol. The summed E-state index contributed by atoms with van der Waals surface area (Å²) in [5.41, 5.74) is 2.04. The molecule has 0 unspecified atom stereocenters. The lowest BCUT2D eigenvalue weighted by Gasteiger charge is -2.32. The lowest BCUT2D eigenvalue weighted by Crippen LogP contribution is -2.51. The quantitative estimate of drug-likeness (QED) is 0.0986. The van der Waals surface area contributed by atoms with E-state index in [-0.39, 0.29) is 36.0 Å². The van der Waals surface area contributed by atoms with Gasteiger partial charge in [-0.15, -0.1) is 0 Å². The van der Waals surface area contributed by atoms with Crippen molar-refractivity contribution < 1.29 is 24.0 Å². The van der Waals surface area contributed by atoms with Gasteiger partial charge in [-0.05, 0) is 59.1 Å². The van der Waals surface area contributed by atoms with E-state index < -0.39 is 16.9 Å². The van der Waals surface area contributed by atoms with Crippen LogP contribution in [-0.2, 0) is 32.1 Å². The number of carbonyl (C=O) groups excluding carboxylic acids is 3. The van der Waals surface area contributed by atoms with Gasteiger partial charge >= 0.3 is 5.97 Å². The lowest BCUT2D eigenvalue weighted by atomic mass is 9.97. The van der Waals surface area contributed by atoms with Gasteiger partial charge in [0.05, 0.1) is 18.6 Å². The highest BCUT2D eigenvalue weighted by Crippen LogP contribution is 2.21. The normalized spacial score (nSPS) is 13.2. The summed E-state index contributed by atoms with van der Waals surface area (Å²) in [6, 6.07) is 19.7. The van der Waals surface area contributed by atoms with Crippen molar-refractivity contribution in [2.75, 3.05) is 32.2 Å². The van der Waals surface area contributed by atoms with Crippen molar-refractivity contribution >= 4 is 46.0 Å². The average Bonchev–Trinajstić information content (AvgIpc) is 3.05. The van der Waals surface area contributed by atoms with Crippen molar-refractivity contribution in [1.29, 1.82) is 0 Å². The molecule has 0 aliphatic heterocycles. The molecule has 0 saturated heterocycles. The molecule has 0 aromatic heterocycles. The largest absolute Gasteiger partial charge is 0.467 e. The van der Waals surface area contributed by atoms with Crippen molar-refractivity contribution in [2.24, 2.45) is 5.92 Å². The van der Waals surface area contributed by atoms with Crippen LogP contribution in [0.1, 0.15) is 50.7 Å². The van der Waals surface area contributed by atoms with E-state index in [1.807, 2.05) is 29.4 Å². The number of nitrogens with one attached hydrogen (secondary N) is 2. The number of thioether (sulfide) groups is 1. The number of amides is 2. The van der Waals surface area contributed by atoms with Crippen molar-refractivity contribution in [2.45, 2.75) is 64.6 Å². The Kier molecular flexibility index (Phi) is 15.0. The van der Waals surface area contributed by atoms with Gasteiger partial charge in [-0.1, -0.05) is 74.9 Å². The first kappa shape index (κ1) is 36.5. The maximum atomic E-state index is 13.4. The molecule has 0 fully saturated rings. The van der Waals surface area contributed by atoms with Crippen LogP contribution in [0.4, 0.5) is 5.69 Å². The Morgan fingerprint density at radius 3 is 2.39 bits per heavy atom. The second kappa shape index (κ2) is 18.9. The molecule has 3 aromatic rings. The van der Waals surface area contributed by atoms with Crippen molar-refractivity contribution in [3.8, 4) is 0 Å². The molecule has 248 valence electrons. The summed E-state index contributed by atoms with van der Waals surface area (Å²) >= 11 is 1.59. The number of ether oxygens (including phenoxy) is 1. The van der Waals surface area contributed by atoms with Crippen LogP contribution in [0.3, 0.4) is 0 Å². The summed E-state index contributed by atoms with van der Waals surface area (Å²) in [7, 11) is 1.32. The zero-order chi connectivity index (χ0) is 33.5. The number of non-ortho nitro benzene ring substituents is 1. The fourth-order valence-corrected chi connectivity index (χ4v) is 5.84. The van der Waals surface area contributed by atoms with Crippen LogP contribution < -0.4 is 10.6 Å². The number of esters is 1. The Morgan fingerprint density at radius 2 is 1.72 bits per heavy atom. The SMILES string of the molecule is CC[C@H](C)[C@@H](CN(CC(=O)N[C@@H](CCSC)C(=O)OC)Cc1cccc2ccccc12)NC(=O)CCCc1ccc([N+](=O)[O-])cc1. The summed E-state index contributed by atoms with van der Waals surface area (Å²) < 4.78 is 4.94.